The normalized spacial score (nSPS) is 22.4. The Hall–Kier alpha value is -1.62. The van der Waals surface area contributed by atoms with Gasteiger partial charge in [-0.3, -0.25) is 10.1 Å². The van der Waals surface area contributed by atoms with Crippen LogP contribution in [0.5, 0.6) is 0 Å². The van der Waals surface area contributed by atoms with Gasteiger partial charge in [0.15, 0.2) is 0 Å². The van der Waals surface area contributed by atoms with Crippen LogP contribution in [0.3, 0.4) is 0 Å². The molecule has 0 bridgehead atoms. The summed E-state index contributed by atoms with van der Waals surface area (Å²) in [7, 11) is -4.08. The van der Waals surface area contributed by atoms with Crippen LogP contribution >= 0.6 is 0 Å². The standard InChI is InChI=1S/C11H13FN2O6S/c12-9-5-8(1-2-10(9)14(16)17)21(18,19)13-6-11(15)3-4-20-7-11/h1-2,5,13,15H,3-4,6-7H2. The summed E-state index contributed by atoms with van der Waals surface area (Å²) in [5.41, 5.74) is -2.11. The number of nitrogens with zero attached hydrogens (tertiary/aromatic N) is 1. The van der Waals surface area contributed by atoms with E-state index in [9.17, 15) is 28.0 Å². The topological polar surface area (TPSA) is 119 Å². The molecule has 0 aliphatic carbocycles. The van der Waals surface area contributed by atoms with E-state index in [0.29, 0.717) is 12.7 Å². The second kappa shape index (κ2) is 5.64. The van der Waals surface area contributed by atoms with E-state index in [0.717, 1.165) is 12.1 Å². The summed E-state index contributed by atoms with van der Waals surface area (Å²) in [5.74, 6) is -1.24. The summed E-state index contributed by atoms with van der Waals surface area (Å²) < 4.78 is 44.5. The van der Waals surface area contributed by atoms with Crippen molar-refractivity contribution in [1.82, 2.24) is 4.72 Å². The summed E-state index contributed by atoms with van der Waals surface area (Å²) in [6, 6.07) is 2.27. The highest BCUT2D eigenvalue weighted by Gasteiger charge is 2.34. The molecule has 0 aromatic heterocycles. The molecule has 10 heteroatoms. The summed E-state index contributed by atoms with van der Waals surface area (Å²) in [4.78, 5) is 9.08. The van der Waals surface area contributed by atoms with E-state index in [2.05, 4.69) is 4.72 Å². The van der Waals surface area contributed by atoms with E-state index in [1.54, 1.807) is 0 Å². The maximum Gasteiger partial charge on any atom is 0.304 e. The number of benzene rings is 1. The summed E-state index contributed by atoms with van der Waals surface area (Å²) in [6.07, 6.45) is 0.282. The average molecular weight is 320 g/mol. The Morgan fingerprint density at radius 2 is 2.24 bits per heavy atom. The maximum absolute atomic E-state index is 13.4. The Bertz CT molecular complexity index is 657. The second-order valence-electron chi connectivity index (χ2n) is 4.72. The predicted octanol–water partition coefficient (Wildman–Crippen LogP) is 0.164. The van der Waals surface area contributed by atoms with Gasteiger partial charge in [0.1, 0.15) is 5.60 Å². The van der Waals surface area contributed by atoms with Crippen LogP contribution in [-0.4, -0.2) is 43.8 Å². The first-order chi connectivity index (χ1) is 9.73. The molecule has 1 aromatic carbocycles. The second-order valence-corrected chi connectivity index (χ2v) is 6.49. The summed E-state index contributed by atoms with van der Waals surface area (Å²) >= 11 is 0. The molecule has 2 rings (SSSR count). The molecule has 8 nitrogen and oxygen atoms in total. The molecule has 1 aliphatic heterocycles. The molecule has 0 radical (unpaired) electrons. The van der Waals surface area contributed by atoms with Gasteiger partial charge in [0.05, 0.1) is 16.4 Å². The number of aliphatic hydroxyl groups is 1. The molecule has 0 spiro atoms. The highest BCUT2D eigenvalue weighted by molar-refractivity contribution is 7.89. The van der Waals surface area contributed by atoms with Crippen LogP contribution in [0.15, 0.2) is 23.1 Å². The van der Waals surface area contributed by atoms with Gasteiger partial charge < -0.3 is 9.84 Å². The van der Waals surface area contributed by atoms with Crippen molar-refractivity contribution in [2.75, 3.05) is 19.8 Å². The number of nitro groups is 1. The van der Waals surface area contributed by atoms with E-state index in [1.165, 1.54) is 0 Å². The van der Waals surface area contributed by atoms with Crippen molar-refractivity contribution in [3.8, 4) is 0 Å². The van der Waals surface area contributed by atoms with E-state index in [4.69, 9.17) is 4.74 Å². The Balaban J connectivity index is 2.16. The number of nitrogens with one attached hydrogen (secondary N) is 1. The van der Waals surface area contributed by atoms with Crippen molar-refractivity contribution in [2.24, 2.45) is 0 Å². The van der Waals surface area contributed by atoms with E-state index < -0.39 is 36.9 Å². The Morgan fingerprint density at radius 1 is 1.52 bits per heavy atom. The van der Waals surface area contributed by atoms with Gasteiger partial charge >= 0.3 is 5.69 Å². The fourth-order valence-electron chi connectivity index (χ4n) is 1.85. The molecule has 1 heterocycles. The third-order valence-corrected chi connectivity index (χ3v) is 4.50. The van der Waals surface area contributed by atoms with E-state index in [1.807, 2.05) is 0 Å². The minimum absolute atomic E-state index is 0.00411. The van der Waals surface area contributed by atoms with Gasteiger partial charge in [0.2, 0.25) is 15.8 Å². The van der Waals surface area contributed by atoms with Crippen molar-refractivity contribution < 1.29 is 27.6 Å². The van der Waals surface area contributed by atoms with Crippen LogP contribution < -0.4 is 4.72 Å². The number of hydrogen-bond acceptors (Lipinski definition) is 6. The molecule has 21 heavy (non-hydrogen) atoms. The minimum Gasteiger partial charge on any atom is -0.386 e. The molecular formula is C11H13FN2O6S. The lowest BCUT2D eigenvalue weighted by Crippen LogP contribution is -2.43. The SMILES string of the molecule is O=[N+]([O-])c1ccc(S(=O)(=O)NCC2(O)CCOC2)cc1F. The van der Waals surface area contributed by atoms with Gasteiger partial charge in [-0.2, -0.15) is 4.39 Å². The smallest absolute Gasteiger partial charge is 0.304 e. The zero-order valence-corrected chi connectivity index (χ0v) is 11.6. The van der Waals surface area contributed by atoms with Gasteiger partial charge in [-0.15, -0.1) is 0 Å². The Labute approximate surface area is 119 Å². The third-order valence-electron chi connectivity index (χ3n) is 3.10. The Kier molecular flexibility index (Phi) is 4.23. The van der Waals surface area contributed by atoms with E-state index >= 15 is 0 Å². The minimum atomic E-state index is -4.08. The van der Waals surface area contributed by atoms with Crippen LogP contribution in [0.4, 0.5) is 10.1 Å². The number of sulfonamides is 1. The van der Waals surface area contributed by atoms with Gasteiger partial charge in [0, 0.05) is 31.7 Å². The lowest BCUT2D eigenvalue weighted by molar-refractivity contribution is -0.387. The molecule has 1 aliphatic rings. The van der Waals surface area contributed by atoms with Crippen molar-refractivity contribution in [2.45, 2.75) is 16.9 Å². The van der Waals surface area contributed by atoms with Gasteiger partial charge in [-0.1, -0.05) is 0 Å². The molecule has 0 saturated carbocycles. The fraction of sp³-hybridized carbons (Fsp3) is 0.455. The van der Waals surface area contributed by atoms with Gasteiger partial charge in [0.25, 0.3) is 0 Å². The predicted molar refractivity (Wildman–Crippen MR) is 68.6 cm³/mol. The van der Waals surface area contributed by atoms with Crippen molar-refractivity contribution >= 4 is 15.7 Å². The number of ether oxygens (including phenoxy) is 1. The highest BCUT2D eigenvalue weighted by atomic mass is 32.2. The molecule has 1 saturated heterocycles. The van der Waals surface area contributed by atoms with Crippen LogP contribution in [0, 0.1) is 15.9 Å². The lowest BCUT2D eigenvalue weighted by Gasteiger charge is -2.20. The van der Waals surface area contributed by atoms with Gasteiger partial charge in [-0.25, -0.2) is 13.1 Å². The zero-order chi connectivity index (χ0) is 15.7. The van der Waals surface area contributed by atoms with Crippen LogP contribution in [-0.2, 0) is 14.8 Å². The van der Waals surface area contributed by atoms with Crippen LogP contribution in [0.25, 0.3) is 0 Å². The van der Waals surface area contributed by atoms with Crippen LogP contribution in [0.2, 0.25) is 0 Å². The molecule has 2 N–H and O–H groups in total. The first-order valence-corrected chi connectivity index (χ1v) is 7.46. The number of halogens is 1. The number of hydrogen-bond donors (Lipinski definition) is 2. The quantitative estimate of drug-likeness (QED) is 0.589. The molecule has 1 aromatic rings. The average Bonchev–Trinajstić information content (AvgIpc) is 2.84. The molecular weight excluding hydrogens is 307 g/mol. The monoisotopic (exact) mass is 320 g/mol. The third kappa shape index (κ3) is 3.53. The largest absolute Gasteiger partial charge is 0.386 e. The molecule has 1 fully saturated rings. The molecule has 1 atom stereocenters. The number of rotatable bonds is 5. The van der Waals surface area contributed by atoms with E-state index in [-0.39, 0.29) is 19.6 Å². The molecule has 0 amide bonds. The molecule has 116 valence electrons. The number of nitro benzene ring substituents is 1. The molecule has 1 unspecified atom stereocenters. The maximum atomic E-state index is 13.4. The van der Waals surface area contributed by atoms with Crippen molar-refractivity contribution in [3.05, 3.63) is 34.1 Å². The van der Waals surface area contributed by atoms with Crippen molar-refractivity contribution in [1.29, 1.82) is 0 Å². The van der Waals surface area contributed by atoms with Crippen molar-refractivity contribution in [3.63, 3.8) is 0 Å². The zero-order valence-electron chi connectivity index (χ0n) is 10.8. The lowest BCUT2D eigenvalue weighted by atomic mass is 10.1. The summed E-state index contributed by atoms with van der Waals surface area (Å²) in [5, 5.41) is 20.4. The Morgan fingerprint density at radius 3 is 2.76 bits per heavy atom. The first kappa shape index (κ1) is 15.8. The first-order valence-electron chi connectivity index (χ1n) is 5.97. The fourth-order valence-corrected chi connectivity index (χ4v) is 2.98. The van der Waals surface area contributed by atoms with Crippen LogP contribution in [0.1, 0.15) is 6.42 Å². The summed E-state index contributed by atoms with van der Waals surface area (Å²) in [6.45, 7) is 0.0441. The highest BCUT2D eigenvalue weighted by Crippen LogP contribution is 2.22. The van der Waals surface area contributed by atoms with Gasteiger partial charge in [-0.05, 0) is 6.07 Å².